The number of carbonyl (C=O) groups excluding carboxylic acids is 1. The Hall–Kier alpha value is -2.48. The van der Waals surface area contributed by atoms with Crippen molar-refractivity contribution < 1.29 is 4.79 Å². The number of anilines is 1. The fourth-order valence-electron chi connectivity index (χ4n) is 1.65. The molecule has 3 aromatic rings. The summed E-state index contributed by atoms with van der Waals surface area (Å²) in [5.41, 5.74) is 0.408. The van der Waals surface area contributed by atoms with Crippen LogP contribution in [0.1, 0.15) is 16.1 Å². The fraction of sp³-hybridized carbons (Fsp3) is 0.0909. The Balaban J connectivity index is 1.97. The van der Waals surface area contributed by atoms with Crippen molar-refractivity contribution in [3.63, 3.8) is 0 Å². The molecule has 0 spiro atoms. The first kappa shape index (κ1) is 11.6. The van der Waals surface area contributed by atoms with E-state index in [2.05, 4.69) is 20.5 Å². The Kier molecular flexibility index (Phi) is 2.64. The molecule has 0 atom stereocenters. The van der Waals surface area contributed by atoms with Crippen molar-refractivity contribution in [2.24, 2.45) is 0 Å². The first-order chi connectivity index (χ1) is 9.15. The minimum Gasteiger partial charge on any atom is -0.305 e. The first-order valence-corrected chi connectivity index (χ1v) is 6.31. The summed E-state index contributed by atoms with van der Waals surface area (Å²) in [6.07, 6.45) is 2.87. The van der Waals surface area contributed by atoms with Gasteiger partial charge in [0.25, 0.3) is 11.5 Å². The van der Waals surface area contributed by atoms with E-state index >= 15 is 0 Å². The van der Waals surface area contributed by atoms with Gasteiger partial charge in [-0.25, -0.2) is 4.98 Å². The summed E-state index contributed by atoms with van der Waals surface area (Å²) >= 11 is 1.33. The number of aromatic nitrogens is 4. The lowest BCUT2D eigenvalue weighted by Gasteiger charge is -2.01. The van der Waals surface area contributed by atoms with Gasteiger partial charge in [0.05, 0.1) is 0 Å². The van der Waals surface area contributed by atoms with Crippen LogP contribution in [0.15, 0.2) is 28.6 Å². The highest BCUT2D eigenvalue weighted by Crippen LogP contribution is 2.08. The summed E-state index contributed by atoms with van der Waals surface area (Å²) in [6.45, 7) is 1.82. The van der Waals surface area contributed by atoms with E-state index in [0.717, 1.165) is 5.69 Å². The molecule has 2 N–H and O–H groups in total. The summed E-state index contributed by atoms with van der Waals surface area (Å²) in [5, 5.41) is 10.9. The van der Waals surface area contributed by atoms with Crippen LogP contribution in [0, 0.1) is 6.92 Å². The minimum atomic E-state index is -0.524. The van der Waals surface area contributed by atoms with Crippen LogP contribution in [-0.4, -0.2) is 25.5 Å². The topological polar surface area (TPSA) is 92.2 Å². The summed E-state index contributed by atoms with van der Waals surface area (Å²) < 4.78 is 1.34. The number of aromatic amines is 1. The molecule has 0 fully saturated rings. The lowest BCUT2D eigenvalue weighted by atomic mass is 10.3. The molecule has 19 heavy (non-hydrogen) atoms. The SMILES string of the molecule is Cc1cc(NC(=O)c2cnc3sccn3c2=O)n[nH]1. The van der Waals surface area contributed by atoms with Crippen molar-refractivity contribution in [2.45, 2.75) is 6.92 Å². The van der Waals surface area contributed by atoms with Crippen molar-refractivity contribution in [1.82, 2.24) is 19.6 Å². The van der Waals surface area contributed by atoms with E-state index < -0.39 is 11.5 Å². The summed E-state index contributed by atoms with van der Waals surface area (Å²) in [6, 6.07) is 1.67. The molecule has 1 amide bonds. The molecule has 0 saturated carbocycles. The molecule has 0 bridgehead atoms. The Labute approximate surface area is 110 Å². The van der Waals surface area contributed by atoms with Gasteiger partial charge in [0.15, 0.2) is 10.8 Å². The molecule has 8 heteroatoms. The first-order valence-electron chi connectivity index (χ1n) is 5.43. The summed E-state index contributed by atoms with van der Waals surface area (Å²) in [7, 11) is 0. The molecule has 0 aliphatic rings. The van der Waals surface area contributed by atoms with Crippen molar-refractivity contribution >= 4 is 28.0 Å². The monoisotopic (exact) mass is 275 g/mol. The molecule has 96 valence electrons. The summed E-state index contributed by atoms with van der Waals surface area (Å²) in [4.78, 5) is 28.7. The highest BCUT2D eigenvalue weighted by atomic mass is 32.1. The Morgan fingerprint density at radius 3 is 3.11 bits per heavy atom. The molecule has 7 nitrogen and oxygen atoms in total. The van der Waals surface area contributed by atoms with Crippen molar-refractivity contribution in [2.75, 3.05) is 5.32 Å². The normalized spacial score (nSPS) is 10.8. The smallest absolute Gasteiger partial charge is 0.271 e. The second-order valence-corrected chi connectivity index (χ2v) is 4.80. The van der Waals surface area contributed by atoms with Gasteiger partial charge in [0.1, 0.15) is 5.56 Å². The van der Waals surface area contributed by atoms with Crippen molar-refractivity contribution in [3.05, 3.63) is 45.5 Å². The molecule has 3 aromatic heterocycles. The largest absolute Gasteiger partial charge is 0.305 e. The van der Waals surface area contributed by atoms with Crippen molar-refractivity contribution in [3.8, 4) is 0 Å². The third kappa shape index (κ3) is 2.02. The molecule has 3 rings (SSSR count). The second-order valence-electron chi connectivity index (χ2n) is 3.92. The van der Waals surface area contributed by atoms with Gasteiger partial charge in [0.2, 0.25) is 0 Å². The predicted molar refractivity (Wildman–Crippen MR) is 70.6 cm³/mol. The zero-order valence-corrected chi connectivity index (χ0v) is 10.7. The van der Waals surface area contributed by atoms with E-state index in [-0.39, 0.29) is 5.56 Å². The molecule has 0 aliphatic heterocycles. The lowest BCUT2D eigenvalue weighted by Crippen LogP contribution is -2.25. The summed E-state index contributed by atoms with van der Waals surface area (Å²) in [5.74, 6) is -0.151. The third-order valence-electron chi connectivity index (χ3n) is 2.53. The van der Waals surface area contributed by atoms with Gasteiger partial charge >= 0.3 is 0 Å². The molecular formula is C11H9N5O2S. The van der Waals surface area contributed by atoms with Gasteiger partial charge in [-0.05, 0) is 6.92 Å². The number of H-pyrrole nitrogens is 1. The number of rotatable bonds is 2. The van der Waals surface area contributed by atoms with Gasteiger partial charge in [0, 0.05) is 29.5 Å². The molecule has 0 aliphatic carbocycles. The van der Waals surface area contributed by atoms with Crippen LogP contribution in [-0.2, 0) is 0 Å². The number of hydrogen-bond acceptors (Lipinski definition) is 5. The maximum Gasteiger partial charge on any atom is 0.271 e. The van der Waals surface area contributed by atoms with E-state index in [0.29, 0.717) is 10.8 Å². The van der Waals surface area contributed by atoms with Gasteiger partial charge in [-0.2, -0.15) is 5.10 Å². The number of hydrogen-bond donors (Lipinski definition) is 2. The lowest BCUT2D eigenvalue weighted by molar-refractivity contribution is 0.102. The zero-order valence-electron chi connectivity index (χ0n) is 9.88. The van der Waals surface area contributed by atoms with Crippen LogP contribution in [0.25, 0.3) is 4.96 Å². The third-order valence-corrected chi connectivity index (χ3v) is 3.31. The maximum absolute atomic E-state index is 12.1. The van der Waals surface area contributed by atoms with Gasteiger partial charge in [-0.3, -0.25) is 19.1 Å². The van der Waals surface area contributed by atoms with Crippen molar-refractivity contribution in [1.29, 1.82) is 0 Å². The highest BCUT2D eigenvalue weighted by Gasteiger charge is 2.14. The molecule has 0 saturated heterocycles. The molecule has 3 heterocycles. The number of amides is 1. The van der Waals surface area contributed by atoms with Crippen LogP contribution in [0.4, 0.5) is 5.82 Å². The maximum atomic E-state index is 12.1. The molecular weight excluding hydrogens is 266 g/mol. The van der Waals surface area contributed by atoms with Crippen LogP contribution in [0.2, 0.25) is 0 Å². The number of nitrogens with zero attached hydrogens (tertiary/aromatic N) is 3. The van der Waals surface area contributed by atoms with E-state index in [1.54, 1.807) is 17.6 Å². The Morgan fingerprint density at radius 2 is 2.37 bits per heavy atom. The van der Waals surface area contributed by atoms with Crippen LogP contribution >= 0.6 is 11.3 Å². The van der Waals surface area contributed by atoms with E-state index in [4.69, 9.17) is 0 Å². The second kappa shape index (κ2) is 4.32. The molecule has 0 unspecified atom stereocenters. The average Bonchev–Trinajstić information content (AvgIpc) is 2.99. The average molecular weight is 275 g/mol. The van der Waals surface area contributed by atoms with Gasteiger partial charge < -0.3 is 5.32 Å². The van der Waals surface area contributed by atoms with Gasteiger partial charge in [-0.15, -0.1) is 11.3 Å². The molecule has 0 aromatic carbocycles. The van der Waals surface area contributed by atoms with Crippen LogP contribution in [0.3, 0.4) is 0 Å². The van der Waals surface area contributed by atoms with E-state index in [1.807, 2.05) is 6.92 Å². The number of fused-ring (bicyclic) bond motifs is 1. The van der Waals surface area contributed by atoms with E-state index in [1.165, 1.54) is 21.9 Å². The predicted octanol–water partition coefficient (Wildman–Crippen LogP) is 1.04. The van der Waals surface area contributed by atoms with E-state index in [9.17, 15) is 9.59 Å². The standard InChI is InChI=1S/C11H9N5O2S/c1-6-4-8(15-14-6)13-9(17)7-5-12-11-16(10(7)18)2-3-19-11/h2-5H,1H3,(H2,13,14,15,17). The number of aryl methyl sites for hydroxylation is 1. The quantitative estimate of drug-likeness (QED) is 0.731. The van der Waals surface area contributed by atoms with Crippen LogP contribution < -0.4 is 10.9 Å². The fourth-order valence-corrected chi connectivity index (χ4v) is 2.32. The Bertz CT molecular complexity index is 816. The number of thiazole rings is 1. The van der Waals surface area contributed by atoms with Crippen LogP contribution in [0.5, 0.6) is 0 Å². The minimum absolute atomic E-state index is 0.0171. The number of carbonyl (C=O) groups is 1. The molecule has 0 radical (unpaired) electrons. The Morgan fingerprint density at radius 1 is 1.53 bits per heavy atom. The number of nitrogens with one attached hydrogen (secondary N) is 2. The highest BCUT2D eigenvalue weighted by molar-refractivity contribution is 7.15. The zero-order chi connectivity index (χ0) is 13.4. The van der Waals surface area contributed by atoms with Gasteiger partial charge in [-0.1, -0.05) is 0 Å².